The number of hydrogen-bond donors (Lipinski definition) is 0. The molecule has 20 bridgehead atoms. The minimum Gasteiger partial charge on any atom is -0.0538 e. The molecule has 0 aromatic heterocycles. The van der Waals surface area contributed by atoms with Crippen LogP contribution < -0.4 is 0 Å². The Morgan fingerprint density at radius 3 is 0.339 bits per heavy atom. The van der Waals surface area contributed by atoms with Crippen molar-refractivity contribution >= 4 is 0 Å². The first-order valence-electron chi connectivity index (χ1n) is 21.6. The molecule has 28 aliphatic carbocycles. The summed E-state index contributed by atoms with van der Waals surface area (Å²) in [6, 6.07) is 85.1. The summed E-state index contributed by atoms with van der Waals surface area (Å²) in [7, 11) is 0. The van der Waals surface area contributed by atoms with Gasteiger partial charge in [0.2, 0.25) is 0 Å². The average Bonchev–Trinajstić information content (AvgIpc) is 3.35. The number of hydrogen-bond acceptors (Lipinski definition) is 0. The van der Waals surface area contributed by atoms with Gasteiger partial charge >= 0.3 is 0 Å². The molecule has 28 aliphatic rings. The summed E-state index contributed by atoms with van der Waals surface area (Å²) in [5.41, 5.74) is 27.1. The van der Waals surface area contributed by atoms with Crippen LogP contribution in [0.2, 0.25) is 0 Å². The maximum Gasteiger partial charge on any atom is -0.0152 e. The molecule has 0 fully saturated rings. The van der Waals surface area contributed by atoms with E-state index in [1.807, 2.05) is 0 Å². The first-order valence-corrected chi connectivity index (χ1v) is 21.6. The lowest BCUT2D eigenvalue weighted by Crippen LogP contribution is -1.92. The summed E-state index contributed by atoms with van der Waals surface area (Å²) in [5.74, 6) is 0. The summed E-state index contributed by atoms with van der Waals surface area (Å²) >= 11 is 0. The Kier molecular flexibility index (Phi) is 9.40. The Hall–Kier alpha value is -7.80. The highest BCUT2D eigenvalue weighted by Crippen LogP contribution is 2.37. The fraction of sp³-hybridized carbons (Fsp3) is 0.0323. The van der Waals surface area contributed by atoms with Crippen LogP contribution in [-0.4, -0.2) is 0 Å². The molecule has 62 heavy (non-hydrogen) atoms. The van der Waals surface area contributed by atoms with Crippen molar-refractivity contribution in [2.45, 2.75) is 13.8 Å². The maximum atomic E-state index is 2.29. The van der Waals surface area contributed by atoms with Gasteiger partial charge < -0.3 is 0 Å². The number of rotatable bonds is 0. The molecular formula is C62H44. The molecule has 0 saturated heterocycles. The van der Waals surface area contributed by atoms with E-state index in [0.717, 1.165) is 0 Å². The van der Waals surface area contributed by atoms with Gasteiger partial charge in [-0.1, -0.05) is 231 Å². The second-order valence-electron chi connectivity index (χ2n) is 16.6. The molecule has 0 spiro atoms. The monoisotopic (exact) mass is 788 g/mol. The van der Waals surface area contributed by atoms with Gasteiger partial charge in [-0.25, -0.2) is 0 Å². The van der Waals surface area contributed by atoms with Gasteiger partial charge in [-0.3, -0.25) is 0 Å². The van der Waals surface area contributed by atoms with Crippen molar-refractivity contribution < 1.29 is 0 Å². The third kappa shape index (κ3) is 7.06. The molecule has 292 valence electrons. The van der Waals surface area contributed by atoms with Gasteiger partial charge in [0.15, 0.2) is 0 Å². The van der Waals surface area contributed by atoms with Gasteiger partial charge in [0, 0.05) is 0 Å². The van der Waals surface area contributed by atoms with Crippen molar-refractivity contribution in [1.29, 1.82) is 0 Å². The maximum absolute atomic E-state index is 2.29. The van der Waals surface area contributed by atoms with E-state index in [1.54, 1.807) is 0 Å². The molecule has 0 atom stereocenters. The summed E-state index contributed by atoms with van der Waals surface area (Å²) < 4.78 is 0. The Labute approximate surface area is 365 Å². The van der Waals surface area contributed by atoms with Crippen molar-refractivity contribution in [3.05, 3.63) is 242 Å². The lowest BCUT2D eigenvalue weighted by atomic mass is 9.89. The first-order chi connectivity index (χ1) is 30.5. The third-order valence-electron chi connectivity index (χ3n) is 13.0. The Morgan fingerprint density at radius 1 is 0.129 bits per heavy atom. The van der Waals surface area contributed by atoms with E-state index < -0.39 is 0 Å². The van der Waals surface area contributed by atoms with E-state index in [9.17, 15) is 0 Å². The van der Waals surface area contributed by atoms with Crippen LogP contribution in [0.1, 0.15) is 11.1 Å². The molecule has 10 aromatic carbocycles. The van der Waals surface area contributed by atoms with E-state index in [2.05, 4.69) is 244 Å². The zero-order valence-corrected chi connectivity index (χ0v) is 34.9. The van der Waals surface area contributed by atoms with Crippen LogP contribution in [0.4, 0.5) is 0 Å². The SMILES string of the molecule is Cc1c2ccc(c1C)-c1ccc(cc1)-c1ccc(cc1)-c1ccc(cc1)-c1ccc(cc1)-c1ccc(cc1)-c1ccc(cc1)-c1ccc(cc1)-c1ccc(cc1)-c1ccc-2cc1. The number of benzene rings is 10. The predicted molar refractivity (Wildman–Crippen MR) is 264 cm³/mol. The first kappa shape index (κ1) is 37.2. The third-order valence-corrected chi connectivity index (χ3v) is 13.0. The molecule has 10 aromatic rings. The highest BCUT2D eigenvalue weighted by Gasteiger charge is 2.12. The molecule has 0 aliphatic heterocycles. The van der Waals surface area contributed by atoms with E-state index in [1.165, 1.54) is 122 Å². The molecule has 0 nitrogen and oxygen atoms in total. The van der Waals surface area contributed by atoms with Gasteiger partial charge in [-0.05, 0) is 136 Å². The van der Waals surface area contributed by atoms with Gasteiger partial charge in [-0.15, -0.1) is 0 Å². The summed E-state index contributed by atoms with van der Waals surface area (Å²) in [6.45, 7) is 4.50. The van der Waals surface area contributed by atoms with Crippen LogP contribution in [0.25, 0.3) is 111 Å². The quantitative estimate of drug-likeness (QED) is 0.144. The zero-order chi connectivity index (χ0) is 41.6. The predicted octanol–water partition coefficient (Wildman–Crippen LogP) is 17.3. The Bertz CT molecular complexity index is 2950. The standard InChI is InChI=1S/C62H44/c1-41-42(2)62-40-39-61(41)59-35-31-57(32-36-59)55-27-23-53(24-28-55)51-19-15-49(16-20-51)47-11-7-45(8-12-47)43-3-5-44(6-4-43)46-9-13-48(14-10-46)50-17-21-52(22-18-50)54-25-29-56(30-26-54)58-33-37-60(62)38-34-58/h3-40H,1-2H3. The van der Waals surface area contributed by atoms with E-state index in [0.29, 0.717) is 0 Å². The minimum absolute atomic E-state index is 1.21. The molecule has 0 unspecified atom stereocenters. The van der Waals surface area contributed by atoms with E-state index in [-0.39, 0.29) is 0 Å². The molecule has 0 heteroatoms. The van der Waals surface area contributed by atoms with Crippen LogP contribution >= 0.6 is 0 Å². The molecule has 0 radical (unpaired) electrons. The topological polar surface area (TPSA) is 0 Å². The molecular weight excluding hydrogens is 745 g/mol. The second-order valence-corrected chi connectivity index (χ2v) is 16.6. The van der Waals surface area contributed by atoms with Gasteiger partial charge in [0.1, 0.15) is 0 Å². The van der Waals surface area contributed by atoms with Crippen molar-refractivity contribution in [2.24, 2.45) is 0 Å². The van der Waals surface area contributed by atoms with E-state index >= 15 is 0 Å². The molecule has 38 rings (SSSR count). The van der Waals surface area contributed by atoms with Crippen LogP contribution in [0.3, 0.4) is 0 Å². The van der Waals surface area contributed by atoms with Crippen molar-refractivity contribution in [2.75, 3.05) is 0 Å². The van der Waals surface area contributed by atoms with Crippen LogP contribution in [-0.2, 0) is 0 Å². The van der Waals surface area contributed by atoms with Gasteiger partial charge in [-0.2, -0.15) is 0 Å². The van der Waals surface area contributed by atoms with Crippen LogP contribution in [0.5, 0.6) is 0 Å². The largest absolute Gasteiger partial charge is 0.0538 e. The van der Waals surface area contributed by atoms with E-state index in [4.69, 9.17) is 0 Å². The highest BCUT2D eigenvalue weighted by atomic mass is 14.2. The molecule has 0 N–H and O–H groups in total. The Balaban J connectivity index is 0.921. The van der Waals surface area contributed by atoms with Crippen molar-refractivity contribution in [3.8, 4) is 111 Å². The Morgan fingerprint density at radius 2 is 0.226 bits per heavy atom. The van der Waals surface area contributed by atoms with Gasteiger partial charge in [0.25, 0.3) is 0 Å². The van der Waals surface area contributed by atoms with Crippen molar-refractivity contribution in [1.82, 2.24) is 0 Å². The zero-order valence-electron chi connectivity index (χ0n) is 34.9. The normalized spacial score (nSPS) is 11.4. The smallest absolute Gasteiger partial charge is 0.0152 e. The van der Waals surface area contributed by atoms with Gasteiger partial charge in [0.05, 0.1) is 0 Å². The fourth-order valence-electron chi connectivity index (χ4n) is 9.12. The van der Waals surface area contributed by atoms with Crippen LogP contribution in [0.15, 0.2) is 231 Å². The minimum atomic E-state index is 1.21. The van der Waals surface area contributed by atoms with Crippen molar-refractivity contribution in [3.63, 3.8) is 0 Å². The van der Waals surface area contributed by atoms with Crippen LogP contribution in [0, 0.1) is 13.8 Å². The second kappa shape index (κ2) is 15.7. The summed E-state index contributed by atoms with van der Waals surface area (Å²) in [4.78, 5) is 0. The summed E-state index contributed by atoms with van der Waals surface area (Å²) in [6.07, 6.45) is 0. The highest BCUT2D eigenvalue weighted by molar-refractivity contribution is 5.82. The lowest BCUT2D eigenvalue weighted by molar-refractivity contribution is 1.34. The molecule has 0 saturated carbocycles. The fourth-order valence-corrected chi connectivity index (χ4v) is 9.12. The molecule has 0 amide bonds. The summed E-state index contributed by atoms with van der Waals surface area (Å²) in [5, 5.41) is 0. The lowest BCUT2D eigenvalue weighted by Gasteiger charge is -2.15. The average molecular weight is 789 g/mol. The molecule has 0 heterocycles.